The van der Waals surface area contributed by atoms with Crippen molar-refractivity contribution in [3.63, 3.8) is 0 Å². The van der Waals surface area contributed by atoms with Crippen LogP contribution in [0.2, 0.25) is 10.0 Å². The number of hydrogen-bond donors (Lipinski definition) is 0. The van der Waals surface area contributed by atoms with Crippen LogP contribution in [0.25, 0.3) is 5.65 Å². The molecule has 124 valence electrons. The van der Waals surface area contributed by atoms with Gasteiger partial charge < -0.3 is 4.74 Å². The fourth-order valence-electron chi connectivity index (χ4n) is 2.78. The number of nitrogens with zero attached hydrogens (tertiary/aromatic N) is 4. The van der Waals surface area contributed by atoms with E-state index in [0.29, 0.717) is 27.5 Å². The third-order valence-corrected chi connectivity index (χ3v) is 4.65. The normalized spacial score (nSPS) is 15.0. The van der Waals surface area contributed by atoms with Crippen molar-refractivity contribution in [1.82, 2.24) is 19.6 Å². The fraction of sp³-hybridized carbons (Fsp3) is 0.353. The van der Waals surface area contributed by atoms with Crippen molar-refractivity contribution in [3.8, 4) is 5.75 Å². The van der Waals surface area contributed by atoms with Crippen molar-refractivity contribution in [2.75, 3.05) is 0 Å². The second-order valence-electron chi connectivity index (χ2n) is 6.49. The van der Waals surface area contributed by atoms with Crippen LogP contribution in [0, 0.1) is 0 Å². The van der Waals surface area contributed by atoms with Crippen molar-refractivity contribution in [2.24, 2.45) is 0 Å². The highest BCUT2D eigenvalue weighted by atomic mass is 35.5. The number of benzene rings is 1. The summed E-state index contributed by atoms with van der Waals surface area (Å²) in [6, 6.07) is 5.16. The van der Waals surface area contributed by atoms with Crippen molar-refractivity contribution in [1.29, 1.82) is 0 Å². The summed E-state index contributed by atoms with van der Waals surface area (Å²) in [5, 5.41) is 9.73. The van der Waals surface area contributed by atoms with E-state index in [1.807, 2.05) is 24.4 Å². The Labute approximate surface area is 149 Å². The maximum atomic E-state index is 6.23. The van der Waals surface area contributed by atoms with E-state index < -0.39 is 5.60 Å². The van der Waals surface area contributed by atoms with Crippen LogP contribution in [0.3, 0.4) is 0 Å². The quantitative estimate of drug-likeness (QED) is 0.679. The molecule has 2 heterocycles. The molecule has 1 saturated carbocycles. The minimum absolute atomic E-state index is 0.463. The lowest BCUT2D eigenvalue weighted by molar-refractivity contribution is 0.0974. The molecule has 4 rings (SSSR count). The van der Waals surface area contributed by atoms with Crippen molar-refractivity contribution in [3.05, 3.63) is 52.2 Å². The zero-order valence-corrected chi connectivity index (χ0v) is 14.8. The van der Waals surface area contributed by atoms with E-state index in [2.05, 4.69) is 15.2 Å². The molecule has 0 unspecified atom stereocenters. The number of rotatable bonds is 4. The van der Waals surface area contributed by atoms with Crippen molar-refractivity contribution >= 4 is 28.8 Å². The minimum atomic E-state index is -0.723. The molecule has 3 aromatic rings. The molecule has 1 aliphatic carbocycles. The van der Waals surface area contributed by atoms with Crippen molar-refractivity contribution in [2.45, 2.75) is 38.2 Å². The number of ether oxygens (including phenoxy) is 1. The first kappa shape index (κ1) is 15.7. The Morgan fingerprint density at radius 1 is 1.21 bits per heavy atom. The highest BCUT2D eigenvalue weighted by Crippen LogP contribution is 2.41. The van der Waals surface area contributed by atoms with Gasteiger partial charge in [0.2, 0.25) is 0 Å². The molecule has 0 N–H and O–H groups in total. The molecule has 1 aromatic carbocycles. The second-order valence-corrected chi connectivity index (χ2v) is 7.33. The lowest BCUT2D eigenvalue weighted by Crippen LogP contribution is -2.28. The van der Waals surface area contributed by atoms with Crippen LogP contribution < -0.4 is 4.74 Å². The molecule has 0 spiro atoms. The van der Waals surface area contributed by atoms with Gasteiger partial charge in [-0.25, -0.2) is 0 Å². The number of hydrogen-bond acceptors (Lipinski definition) is 4. The summed E-state index contributed by atoms with van der Waals surface area (Å²) in [6.45, 7) is 3.87. The number of halogens is 2. The number of fused-ring (bicyclic) bond motifs is 1. The standard InChI is InChI=1S/C17H16Cl2N4O/c1-17(2,24-13-6-5-11(18)9-12(13)19)16-22-21-15-14(10-3-4-10)20-7-8-23(15)16/h5-10H,3-4H2,1-2H3. The fourth-order valence-corrected chi connectivity index (χ4v) is 3.23. The van der Waals surface area contributed by atoms with Gasteiger partial charge in [-0.15, -0.1) is 10.2 Å². The maximum absolute atomic E-state index is 6.23. The molecule has 0 amide bonds. The smallest absolute Gasteiger partial charge is 0.182 e. The second kappa shape index (κ2) is 5.60. The lowest BCUT2D eigenvalue weighted by atomic mass is 10.1. The van der Waals surface area contributed by atoms with Crippen LogP contribution in [-0.4, -0.2) is 19.6 Å². The molecule has 0 radical (unpaired) electrons. The SMILES string of the molecule is CC(C)(Oc1ccc(Cl)cc1Cl)c1nnc2c(C3CC3)nccn12. The van der Waals surface area contributed by atoms with E-state index >= 15 is 0 Å². The molecule has 2 aromatic heterocycles. The van der Waals surface area contributed by atoms with Crippen LogP contribution in [-0.2, 0) is 5.60 Å². The van der Waals surface area contributed by atoms with E-state index in [4.69, 9.17) is 27.9 Å². The van der Waals surface area contributed by atoms with Gasteiger partial charge in [-0.2, -0.15) is 0 Å². The molecule has 0 saturated heterocycles. The van der Waals surface area contributed by atoms with Crippen LogP contribution >= 0.6 is 23.2 Å². The van der Waals surface area contributed by atoms with Crippen LogP contribution in [0.1, 0.15) is 44.1 Å². The predicted octanol–water partition coefficient (Wildman–Crippen LogP) is 4.62. The van der Waals surface area contributed by atoms with Gasteiger partial charge in [0.15, 0.2) is 17.1 Å². The summed E-state index contributed by atoms with van der Waals surface area (Å²) in [6.07, 6.45) is 5.98. The highest BCUT2D eigenvalue weighted by molar-refractivity contribution is 6.35. The predicted molar refractivity (Wildman–Crippen MR) is 92.9 cm³/mol. The van der Waals surface area contributed by atoms with E-state index in [0.717, 1.165) is 24.2 Å². The van der Waals surface area contributed by atoms with Crippen LogP contribution in [0.15, 0.2) is 30.6 Å². The molecule has 0 aliphatic heterocycles. The third kappa shape index (κ3) is 2.72. The summed E-state index contributed by atoms with van der Waals surface area (Å²) in [7, 11) is 0. The van der Waals surface area contributed by atoms with E-state index in [-0.39, 0.29) is 0 Å². The molecule has 1 fully saturated rings. The molecule has 0 atom stereocenters. The zero-order chi connectivity index (χ0) is 16.9. The van der Waals surface area contributed by atoms with Crippen LogP contribution in [0.4, 0.5) is 0 Å². The van der Waals surface area contributed by atoms with Gasteiger partial charge in [-0.3, -0.25) is 9.38 Å². The van der Waals surface area contributed by atoms with E-state index in [1.54, 1.807) is 24.4 Å². The average molecular weight is 363 g/mol. The molecule has 7 heteroatoms. The first-order chi connectivity index (χ1) is 11.5. The first-order valence-electron chi connectivity index (χ1n) is 7.80. The Morgan fingerprint density at radius 3 is 2.71 bits per heavy atom. The average Bonchev–Trinajstić information content (AvgIpc) is 3.27. The summed E-state index contributed by atoms with van der Waals surface area (Å²) in [5.41, 5.74) is 1.09. The Bertz CT molecular complexity index is 918. The Hall–Kier alpha value is -1.85. The van der Waals surface area contributed by atoms with E-state index in [9.17, 15) is 0 Å². The highest BCUT2D eigenvalue weighted by Gasteiger charge is 2.33. The first-order valence-corrected chi connectivity index (χ1v) is 8.55. The Kier molecular flexibility index (Phi) is 3.66. The zero-order valence-electron chi connectivity index (χ0n) is 13.3. The van der Waals surface area contributed by atoms with Crippen LogP contribution in [0.5, 0.6) is 5.75 Å². The summed E-state index contributed by atoms with van der Waals surface area (Å²) >= 11 is 12.2. The molecule has 0 bridgehead atoms. The summed E-state index contributed by atoms with van der Waals surface area (Å²) in [5.74, 6) is 1.76. The number of aromatic nitrogens is 4. The summed E-state index contributed by atoms with van der Waals surface area (Å²) in [4.78, 5) is 4.47. The van der Waals surface area contributed by atoms with E-state index in [1.165, 1.54) is 0 Å². The van der Waals surface area contributed by atoms with Gasteiger partial charge in [-0.1, -0.05) is 23.2 Å². The monoisotopic (exact) mass is 362 g/mol. The third-order valence-electron chi connectivity index (χ3n) is 4.12. The summed E-state index contributed by atoms with van der Waals surface area (Å²) < 4.78 is 8.07. The van der Waals surface area contributed by atoms with Gasteiger partial charge in [-0.05, 0) is 44.9 Å². The van der Waals surface area contributed by atoms with Gasteiger partial charge in [0.25, 0.3) is 0 Å². The van der Waals surface area contributed by atoms with Crippen molar-refractivity contribution < 1.29 is 4.74 Å². The minimum Gasteiger partial charge on any atom is -0.478 e. The van der Waals surface area contributed by atoms with Gasteiger partial charge in [0, 0.05) is 23.3 Å². The van der Waals surface area contributed by atoms with Gasteiger partial charge >= 0.3 is 0 Å². The Morgan fingerprint density at radius 2 is 2.00 bits per heavy atom. The lowest BCUT2D eigenvalue weighted by Gasteiger charge is -2.25. The topological polar surface area (TPSA) is 52.3 Å². The Balaban J connectivity index is 1.74. The molecule has 24 heavy (non-hydrogen) atoms. The molecule has 5 nitrogen and oxygen atoms in total. The molecular weight excluding hydrogens is 347 g/mol. The largest absolute Gasteiger partial charge is 0.478 e. The van der Waals surface area contributed by atoms with Gasteiger partial charge in [0.1, 0.15) is 5.75 Å². The molecule has 1 aliphatic rings. The van der Waals surface area contributed by atoms with Gasteiger partial charge in [0.05, 0.1) is 10.7 Å². The molecular formula is C17H16Cl2N4O. The maximum Gasteiger partial charge on any atom is 0.182 e.